The Labute approximate surface area is 383 Å². The zero-order valence-electron chi connectivity index (χ0n) is 35.1. The molecule has 18 nitrogen and oxygen atoms in total. The van der Waals surface area contributed by atoms with Gasteiger partial charge in [0.1, 0.15) is 23.8 Å². The van der Waals surface area contributed by atoms with Crippen molar-refractivity contribution in [1.29, 1.82) is 0 Å². The number of carbonyl (C=O) groups excluding carboxylic acids is 4. The van der Waals surface area contributed by atoms with Crippen LogP contribution in [-0.2, 0) is 28.1 Å². The molecule has 4 saturated heterocycles. The van der Waals surface area contributed by atoms with Gasteiger partial charge >= 0.3 is 12.2 Å². The number of benzene rings is 3. The number of hydrogen-bond acceptors (Lipinski definition) is 13. The van der Waals surface area contributed by atoms with E-state index in [1.807, 2.05) is 16.7 Å². The summed E-state index contributed by atoms with van der Waals surface area (Å²) in [7, 11) is 1.09. The highest BCUT2D eigenvalue weighted by Crippen LogP contribution is 2.30. The summed E-state index contributed by atoms with van der Waals surface area (Å²) in [6, 6.07) is 14.0. The second kappa shape index (κ2) is 23.6. The van der Waals surface area contributed by atoms with Crippen LogP contribution >= 0.6 is 33.9 Å². The third kappa shape index (κ3) is 13.9. The lowest BCUT2D eigenvalue weighted by atomic mass is 10.2. The largest absolute Gasteiger partial charge is 0.444 e. The summed E-state index contributed by atoms with van der Waals surface area (Å²) in [6.45, 7) is 10.0. The van der Waals surface area contributed by atoms with Crippen LogP contribution in [0.5, 0.6) is 0 Å². The number of aliphatic hydroxyl groups excluding tert-OH is 1. The molecule has 0 spiro atoms. The summed E-state index contributed by atoms with van der Waals surface area (Å²) in [5, 5.41) is 19.5. The monoisotopic (exact) mass is 977 g/mol. The molecule has 2 atom stereocenters. The number of amides is 4. The van der Waals surface area contributed by atoms with Crippen molar-refractivity contribution in [3.63, 3.8) is 0 Å². The SMILES string of the molecule is CC(=O)N1CCN(c2ccc(N3C[C@H](CO)OC3=O)cc2F)CC1.CC[C@H]1CN(c2ccc(N3CCN(C(C)=O)CC3)c(F)c2)C(=O)O1.ClCCl.O=[N+]([O-])c1cccc(S(=O)(=O)Cl)c1. The first-order valence-corrected chi connectivity index (χ1v) is 23.2. The highest BCUT2D eigenvalue weighted by atomic mass is 35.7. The van der Waals surface area contributed by atoms with Gasteiger partial charge in [0.15, 0.2) is 0 Å². The van der Waals surface area contributed by atoms with E-state index in [-0.39, 0.29) is 52.8 Å². The molecular formula is C40H48Cl3F2N7O11S. The second-order valence-electron chi connectivity index (χ2n) is 14.4. The fraction of sp³-hybridized carbons (Fsp3) is 0.450. The number of aliphatic hydroxyl groups is 1. The third-order valence-corrected chi connectivity index (χ3v) is 11.7. The average Bonchev–Trinajstić information content (AvgIpc) is 3.85. The van der Waals surface area contributed by atoms with E-state index in [9.17, 15) is 46.5 Å². The van der Waals surface area contributed by atoms with E-state index in [0.29, 0.717) is 81.7 Å². The normalized spacial score (nSPS) is 18.5. The smallest absolute Gasteiger partial charge is 0.414 e. The van der Waals surface area contributed by atoms with Crippen LogP contribution in [0.4, 0.5) is 46.8 Å². The quantitative estimate of drug-likeness (QED) is 0.120. The number of non-ortho nitro benzene ring substituents is 1. The summed E-state index contributed by atoms with van der Waals surface area (Å²) in [4.78, 5) is 65.7. The first-order valence-electron chi connectivity index (χ1n) is 19.8. The number of nitrogens with zero attached hydrogens (tertiary/aromatic N) is 7. The Bertz CT molecular complexity index is 2140. The molecule has 0 aliphatic carbocycles. The maximum atomic E-state index is 14.5. The molecule has 4 fully saturated rings. The van der Waals surface area contributed by atoms with E-state index in [4.69, 9.17) is 48.5 Å². The Kier molecular flexibility index (Phi) is 19.0. The lowest BCUT2D eigenvalue weighted by Gasteiger charge is -2.35. The summed E-state index contributed by atoms with van der Waals surface area (Å²) in [5.41, 5.74) is 1.57. The van der Waals surface area contributed by atoms with Gasteiger partial charge in [-0.25, -0.2) is 26.8 Å². The molecule has 4 heterocycles. The predicted molar refractivity (Wildman–Crippen MR) is 237 cm³/mol. The van der Waals surface area contributed by atoms with Crippen molar-refractivity contribution in [2.45, 2.75) is 44.3 Å². The van der Waals surface area contributed by atoms with E-state index in [1.165, 1.54) is 47.1 Å². The van der Waals surface area contributed by atoms with E-state index >= 15 is 0 Å². The minimum absolute atomic E-state index is 0.0245. The Morgan fingerprint density at radius 1 is 0.766 bits per heavy atom. The minimum atomic E-state index is -3.89. The summed E-state index contributed by atoms with van der Waals surface area (Å²) in [6.07, 6.45) is -0.997. The number of nitro benzene ring substituents is 1. The van der Waals surface area contributed by atoms with Crippen molar-refractivity contribution < 1.29 is 55.9 Å². The maximum absolute atomic E-state index is 14.5. The van der Waals surface area contributed by atoms with Crippen molar-refractivity contribution >= 4 is 95.4 Å². The van der Waals surface area contributed by atoms with Crippen LogP contribution in [0.15, 0.2) is 65.6 Å². The zero-order chi connectivity index (χ0) is 47.3. The van der Waals surface area contributed by atoms with Crippen LogP contribution < -0.4 is 19.6 Å². The third-order valence-electron chi connectivity index (χ3n) is 10.3. The Balaban J connectivity index is 0.000000213. The first-order chi connectivity index (χ1) is 30.3. The van der Waals surface area contributed by atoms with Crippen LogP contribution in [0.3, 0.4) is 0 Å². The number of rotatable bonds is 8. The van der Waals surface area contributed by atoms with Gasteiger partial charge in [-0.15, -0.1) is 23.2 Å². The molecule has 0 radical (unpaired) electrons. The Morgan fingerprint density at radius 2 is 1.19 bits per heavy atom. The van der Waals surface area contributed by atoms with Gasteiger partial charge in [-0.1, -0.05) is 13.0 Å². The van der Waals surface area contributed by atoms with E-state index < -0.39 is 38.1 Å². The standard InChI is InChI=1S/C17H22FN3O3.C16H20FN3O4.C6H4ClNO4S.CH2Cl2/c1-3-14-11-21(17(23)24-14)13-4-5-16(15(18)10-13)20-8-6-19(7-9-20)12(2)22;1-11(22)18-4-6-19(7-5-18)15-3-2-12(8-14(15)17)20-9-13(10-21)24-16(20)23;7-13(11,12)6-3-1-2-5(4-6)8(9)10;2-1-3/h4-5,10,14H,3,6-9,11H2,1-2H3;2-3,8,13,21H,4-7,9-10H2,1H3;1-4H;1H2/t14-;13-;;/m01../s1. The molecule has 24 heteroatoms. The van der Waals surface area contributed by atoms with Gasteiger partial charge in [0.2, 0.25) is 11.8 Å². The summed E-state index contributed by atoms with van der Waals surface area (Å²) in [5.74, 6) is -0.722. The predicted octanol–water partition coefficient (Wildman–Crippen LogP) is 5.98. The van der Waals surface area contributed by atoms with Crippen molar-refractivity contribution in [2.75, 3.05) is 97.0 Å². The topological polar surface area (TPSA) is 204 Å². The summed E-state index contributed by atoms with van der Waals surface area (Å²) >= 11 is 9.53. The van der Waals surface area contributed by atoms with Gasteiger partial charge < -0.3 is 34.2 Å². The highest BCUT2D eigenvalue weighted by Gasteiger charge is 2.34. The number of cyclic esters (lactones) is 2. The van der Waals surface area contributed by atoms with Gasteiger partial charge in [0, 0.05) is 89.0 Å². The molecule has 3 aromatic carbocycles. The molecule has 0 bridgehead atoms. The molecule has 7 rings (SSSR count). The van der Waals surface area contributed by atoms with Crippen LogP contribution in [0.25, 0.3) is 0 Å². The van der Waals surface area contributed by atoms with Crippen LogP contribution in [0.2, 0.25) is 0 Å². The molecule has 4 aliphatic rings. The van der Waals surface area contributed by atoms with Crippen LogP contribution in [0, 0.1) is 21.7 Å². The average molecular weight is 979 g/mol. The number of ether oxygens (including phenoxy) is 2. The molecule has 0 aromatic heterocycles. The van der Waals surface area contributed by atoms with Crippen molar-refractivity contribution in [3.8, 4) is 0 Å². The molecule has 3 aromatic rings. The highest BCUT2D eigenvalue weighted by molar-refractivity contribution is 8.13. The molecule has 0 unspecified atom stereocenters. The van der Waals surface area contributed by atoms with E-state index in [2.05, 4.69) is 0 Å². The maximum Gasteiger partial charge on any atom is 0.414 e. The molecule has 350 valence electrons. The molecular weight excluding hydrogens is 931 g/mol. The fourth-order valence-corrected chi connectivity index (χ4v) is 7.68. The molecule has 1 N–H and O–H groups in total. The number of nitro groups is 1. The zero-order valence-corrected chi connectivity index (χ0v) is 38.2. The van der Waals surface area contributed by atoms with Crippen molar-refractivity contribution in [2.24, 2.45) is 0 Å². The lowest BCUT2D eigenvalue weighted by molar-refractivity contribution is -0.385. The lowest BCUT2D eigenvalue weighted by Crippen LogP contribution is -2.48. The van der Waals surface area contributed by atoms with Gasteiger partial charge in [-0.2, -0.15) is 0 Å². The van der Waals surface area contributed by atoms with Gasteiger partial charge in [0.25, 0.3) is 14.7 Å². The van der Waals surface area contributed by atoms with Crippen LogP contribution in [0.1, 0.15) is 27.2 Å². The number of hydrogen-bond donors (Lipinski definition) is 1. The van der Waals surface area contributed by atoms with Gasteiger partial charge in [-0.3, -0.25) is 29.5 Å². The molecule has 4 aliphatic heterocycles. The summed E-state index contributed by atoms with van der Waals surface area (Å²) < 4.78 is 60.7. The molecule has 64 heavy (non-hydrogen) atoms. The fourth-order valence-electron chi connectivity index (χ4n) is 6.89. The van der Waals surface area contributed by atoms with Crippen molar-refractivity contribution in [1.82, 2.24) is 9.80 Å². The van der Waals surface area contributed by atoms with Gasteiger partial charge in [-0.05, 0) is 48.9 Å². The number of carbonyl (C=O) groups is 4. The van der Waals surface area contributed by atoms with Crippen molar-refractivity contribution in [3.05, 3.63) is 82.4 Å². The number of piperazine rings is 2. The van der Waals surface area contributed by atoms with E-state index in [1.54, 1.807) is 41.0 Å². The van der Waals surface area contributed by atoms with Crippen LogP contribution in [-0.4, -0.2) is 142 Å². The van der Waals surface area contributed by atoms with E-state index in [0.717, 1.165) is 12.5 Å². The Morgan fingerprint density at radius 3 is 1.52 bits per heavy atom. The Hall–Kier alpha value is -5.22. The van der Waals surface area contributed by atoms with Gasteiger partial charge in [0.05, 0.1) is 57.6 Å². The molecule has 0 saturated carbocycles. The number of alkyl halides is 2. The second-order valence-corrected chi connectivity index (χ2v) is 17.7. The minimum Gasteiger partial charge on any atom is -0.444 e. The number of halogens is 5. The number of anilines is 4. The molecule has 4 amide bonds. The first kappa shape index (κ1) is 51.4.